The largest absolute Gasteiger partial charge is 0.297 e. The van der Waals surface area contributed by atoms with Gasteiger partial charge in [0.2, 0.25) is 0 Å². The second-order valence-corrected chi connectivity index (χ2v) is 4.10. The molecule has 1 rings (SSSR count). The maximum atomic E-state index is 11.5. The van der Waals surface area contributed by atoms with Gasteiger partial charge in [-0.3, -0.25) is 4.18 Å². The molecular formula is C8H9N3O3S. The Kier molecular flexibility index (Phi) is 3.68. The Labute approximate surface area is 87.2 Å². The number of nitrogens with zero attached hydrogens (tertiary/aromatic N) is 3. The Bertz CT molecular complexity index is 492. The van der Waals surface area contributed by atoms with Crippen molar-refractivity contribution in [2.45, 2.75) is 11.8 Å². The molecule has 0 radical (unpaired) electrons. The molecule has 7 heteroatoms. The topological polar surface area (TPSA) is 92.1 Å². The van der Waals surface area contributed by atoms with Crippen LogP contribution in [-0.2, 0) is 14.3 Å². The highest BCUT2D eigenvalue weighted by atomic mass is 32.2. The van der Waals surface area contributed by atoms with Gasteiger partial charge < -0.3 is 0 Å². The number of rotatable bonds is 4. The smallest absolute Gasteiger partial charge is 0.267 e. The summed E-state index contributed by atoms with van der Waals surface area (Å²) in [6.07, 6.45) is 0. The third kappa shape index (κ3) is 2.69. The van der Waals surface area contributed by atoms with Crippen LogP contribution in [0.15, 0.2) is 34.3 Å². The molecule has 0 fully saturated rings. The summed E-state index contributed by atoms with van der Waals surface area (Å²) in [6.45, 7) is 1.60. The molecular weight excluding hydrogens is 218 g/mol. The van der Waals surface area contributed by atoms with E-state index in [-0.39, 0.29) is 17.2 Å². The van der Waals surface area contributed by atoms with Crippen molar-refractivity contribution in [3.63, 3.8) is 0 Å². The molecule has 0 bridgehead atoms. The monoisotopic (exact) mass is 227 g/mol. The summed E-state index contributed by atoms with van der Waals surface area (Å²) in [5, 5.41) is 3.28. The summed E-state index contributed by atoms with van der Waals surface area (Å²) in [4.78, 5) is 2.42. The molecule has 0 aliphatic heterocycles. The number of azide groups is 1. The van der Waals surface area contributed by atoms with E-state index in [0.29, 0.717) is 0 Å². The average molecular weight is 227 g/mol. The summed E-state index contributed by atoms with van der Waals surface area (Å²) in [5.41, 5.74) is 8.30. The van der Waals surface area contributed by atoms with E-state index in [4.69, 9.17) is 5.53 Å². The summed E-state index contributed by atoms with van der Waals surface area (Å²) in [6, 6.07) is 5.85. The second-order valence-electron chi connectivity index (χ2n) is 2.52. The summed E-state index contributed by atoms with van der Waals surface area (Å²) >= 11 is 0. The standard InChI is InChI=1S/C8H9N3O3S/c1-2-14-15(12,13)8-6-4-3-5-7(8)10-11-9/h3-6H,2H2,1H3. The molecule has 0 aromatic heterocycles. The van der Waals surface area contributed by atoms with E-state index in [1.54, 1.807) is 13.0 Å². The van der Waals surface area contributed by atoms with E-state index in [1.807, 2.05) is 0 Å². The van der Waals surface area contributed by atoms with Crippen LogP contribution < -0.4 is 0 Å². The van der Waals surface area contributed by atoms with Crippen LogP contribution in [0.2, 0.25) is 0 Å². The van der Waals surface area contributed by atoms with Gasteiger partial charge in [-0.25, -0.2) is 0 Å². The molecule has 0 amide bonds. The first kappa shape index (κ1) is 11.5. The Morgan fingerprint density at radius 3 is 2.73 bits per heavy atom. The van der Waals surface area contributed by atoms with Gasteiger partial charge in [0.1, 0.15) is 4.90 Å². The lowest BCUT2D eigenvalue weighted by molar-refractivity contribution is 0.338. The van der Waals surface area contributed by atoms with Crippen molar-refractivity contribution in [1.29, 1.82) is 0 Å². The number of hydrogen-bond acceptors (Lipinski definition) is 4. The molecule has 0 aliphatic rings. The van der Waals surface area contributed by atoms with E-state index in [1.165, 1.54) is 18.2 Å². The first-order chi connectivity index (χ1) is 7.11. The highest BCUT2D eigenvalue weighted by Gasteiger charge is 2.17. The number of benzene rings is 1. The van der Waals surface area contributed by atoms with E-state index in [9.17, 15) is 8.42 Å². The lowest BCUT2D eigenvalue weighted by Gasteiger charge is -2.05. The third-order valence-corrected chi connectivity index (χ3v) is 2.99. The van der Waals surface area contributed by atoms with Crippen molar-refractivity contribution in [3.8, 4) is 0 Å². The molecule has 0 atom stereocenters. The Morgan fingerprint density at radius 2 is 2.13 bits per heavy atom. The molecule has 80 valence electrons. The number of hydrogen-bond donors (Lipinski definition) is 0. The maximum Gasteiger partial charge on any atom is 0.297 e. The summed E-state index contributed by atoms with van der Waals surface area (Å²) in [7, 11) is -3.83. The Morgan fingerprint density at radius 1 is 1.47 bits per heavy atom. The molecule has 15 heavy (non-hydrogen) atoms. The highest BCUT2D eigenvalue weighted by Crippen LogP contribution is 2.25. The van der Waals surface area contributed by atoms with Gasteiger partial charge in [-0.2, -0.15) is 8.42 Å². The quantitative estimate of drug-likeness (QED) is 0.342. The molecule has 0 saturated heterocycles. The van der Waals surface area contributed by atoms with Crippen molar-refractivity contribution in [2.24, 2.45) is 5.11 Å². The van der Waals surface area contributed by atoms with Crippen LogP contribution >= 0.6 is 0 Å². The minimum atomic E-state index is -3.83. The molecule has 6 nitrogen and oxygen atoms in total. The molecule has 0 saturated carbocycles. The van der Waals surface area contributed by atoms with Crippen molar-refractivity contribution in [3.05, 3.63) is 34.7 Å². The first-order valence-electron chi connectivity index (χ1n) is 4.15. The predicted molar refractivity (Wildman–Crippen MR) is 54.1 cm³/mol. The normalized spacial score (nSPS) is 10.7. The molecule has 1 aromatic rings. The van der Waals surface area contributed by atoms with E-state index < -0.39 is 10.1 Å². The van der Waals surface area contributed by atoms with Crippen molar-refractivity contribution >= 4 is 15.8 Å². The molecule has 0 spiro atoms. The van der Waals surface area contributed by atoms with Crippen molar-refractivity contribution in [1.82, 2.24) is 0 Å². The highest BCUT2D eigenvalue weighted by molar-refractivity contribution is 7.87. The molecule has 0 aliphatic carbocycles. The van der Waals surface area contributed by atoms with E-state index >= 15 is 0 Å². The summed E-state index contributed by atoms with van der Waals surface area (Å²) in [5.74, 6) is 0. The van der Waals surface area contributed by atoms with E-state index in [0.717, 1.165) is 0 Å². The predicted octanol–water partition coefficient (Wildman–Crippen LogP) is 2.35. The van der Waals surface area contributed by atoms with Crippen molar-refractivity contribution < 1.29 is 12.6 Å². The molecule has 0 N–H and O–H groups in total. The van der Waals surface area contributed by atoms with Gasteiger partial charge in [0.15, 0.2) is 0 Å². The van der Waals surface area contributed by atoms with Gasteiger partial charge in [0.05, 0.1) is 12.3 Å². The van der Waals surface area contributed by atoms with Gasteiger partial charge in [-0.1, -0.05) is 23.3 Å². The maximum absolute atomic E-state index is 11.5. The minimum absolute atomic E-state index is 0.0347. The fourth-order valence-electron chi connectivity index (χ4n) is 1.02. The van der Waals surface area contributed by atoms with Gasteiger partial charge in [0.25, 0.3) is 10.1 Å². The lowest BCUT2D eigenvalue weighted by atomic mass is 10.3. The van der Waals surface area contributed by atoms with Crippen LogP contribution in [0.1, 0.15) is 6.92 Å². The van der Waals surface area contributed by atoms with Crippen LogP contribution in [0.5, 0.6) is 0 Å². The van der Waals surface area contributed by atoms with Crippen LogP contribution in [-0.4, -0.2) is 15.0 Å². The third-order valence-electron chi connectivity index (χ3n) is 1.56. The van der Waals surface area contributed by atoms with Gasteiger partial charge in [-0.15, -0.1) is 0 Å². The van der Waals surface area contributed by atoms with Gasteiger partial charge in [0, 0.05) is 4.91 Å². The Balaban J connectivity index is 3.30. The fourth-order valence-corrected chi connectivity index (χ4v) is 2.07. The summed E-state index contributed by atoms with van der Waals surface area (Å²) < 4.78 is 27.6. The second kappa shape index (κ2) is 4.79. The lowest BCUT2D eigenvalue weighted by Crippen LogP contribution is -2.05. The minimum Gasteiger partial charge on any atom is -0.267 e. The van der Waals surface area contributed by atoms with Gasteiger partial charge >= 0.3 is 0 Å². The SMILES string of the molecule is CCOS(=O)(=O)c1ccccc1N=[N+]=[N-]. The van der Waals surface area contributed by atoms with Crippen LogP contribution in [0.4, 0.5) is 5.69 Å². The molecule has 1 aromatic carbocycles. The zero-order chi connectivity index (χ0) is 11.3. The van der Waals surface area contributed by atoms with Crippen molar-refractivity contribution in [2.75, 3.05) is 6.61 Å². The zero-order valence-electron chi connectivity index (χ0n) is 7.99. The van der Waals surface area contributed by atoms with Crippen LogP contribution in [0.25, 0.3) is 10.4 Å². The molecule has 0 unspecified atom stereocenters. The van der Waals surface area contributed by atoms with Gasteiger partial charge in [-0.05, 0) is 18.5 Å². The molecule has 0 heterocycles. The van der Waals surface area contributed by atoms with Crippen LogP contribution in [0.3, 0.4) is 0 Å². The fraction of sp³-hybridized carbons (Fsp3) is 0.250. The zero-order valence-corrected chi connectivity index (χ0v) is 8.81. The Hall–Kier alpha value is -1.56. The first-order valence-corrected chi connectivity index (χ1v) is 5.56. The average Bonchev–Trinajstić information content (AvgIpc) is 2.19. The van der Waals surface area contributed by atoms with E-state index in [2.05, 4.69) is 14.2 Å². The van der Waals surface area contributed by atoms with Crippen LogP contribution in [0, 0.1) is 0 Å².